The van der Waals surface area contributed by atoms with Crippen LogP contribution in [0.4, 0.5) is 4.79 Å². The summed E-state index contributed by atoms with van der Waals surface area (Å²) in [7, 11) is 0. The van der Waals surface area contributed by atoms with Gasteiger partial charge in [-0.3, -0.25) is 0 Å². The number of nitrogens with one attached hydrogen (secondary N) is 1. The summed E-state index contributed by atoms with van der Waals surface area (Å²) in [6.07, 6.45) is 1.45. The number of aliphatic hydroxyl groups excluding tert-OH is 1. The summed E-state index contributed by atoms with van der Waals surface area (Å²) < 4.78 is 5.45. The second-order valence-electron chi connectivity index (χ2n) is 5.80. The van der Waals surface area contributed by atoms with Crippen molar-refractivity contribution in [2.24, 2.45) is 0 Å². The van der Waals surface area contributed by atoms with Crippen LogP contribution in [0, 0.1) is 0 Å². The lowest BCUT2D eigenvalue weighted by molar-refractivity contribution is 0.134. The Hall–Kier alpha value is -1.98. The van der Waals surface area contributed by atoms with E-state index in [0.717, 1.165) is 0 Å². The zero-order chi connectivity index (χ0) is 16.9. The van der Waals surface area contributed by atoms with E-state index in [1.807, 2.05) is 30.5 Å². The zero-order valence-corrected chi connectivity index (χ0v) is 14.4. The molecule has 0 aliphatic heterocycles. The number of benzene rings is 2. The highest BCUT2D eigenvalue weighted by Crippen LogP contribution is 2.44. The second-order valence-corrected chi connectivity index (χ2v) is 6.72. The lowest BCUT2D eigenvalue weighted by Crippen LogP contribution is -2.40. The van der Waals surface area contributed by atoms with Crippen LogP contribution in [0.15, 0.2) is 48.5 Å². The lowest BCUT2D eigenvalue weighted by Gasteiger charge is -2.17. The minimum Gasteiger partial charge on any atom is -0.449 e. The summed E-state index contributed by atoms with van der Waals surface area (Å²) in [5, 5.41) is 12.0. The lowest BCUT2D eigenvalue weighted by atomic mass is 9.98. The fraction of sp³-hybridized carbons (Fsp3) is 0.316. The molecular weight excluding hydrogens is 322 g/mol. The molecule has 1 aliphatic carbocycles. The number of carbonyl (C=O) groups excluding carboxylic acids is 1. The molecule has 1 aliphatic rings. The van der Waals surface area contributed by atoms with E-state index >= 15 is 0 Å². The van der Waals surface area contributed by atoms with Gasteiger partial charge in [0.2, 0.25) is 0 Å². The van der Waals surface area contributed by atoms with Gasteiger partial charge in [0.15, 0.2) is 0 Å². The molecule has 126 valence electrons. The number of hydrogen-bond donors (Lipinski definition) is 2. The quantitative estimate of drug-likeness (QED) is 0.845. The van der Waals surface area contributed by atoms with Crippen molar-refractivity contribution in [2.45, 2.75) is 12.0 Å². The Morgan fingerprint density at radius 2 is 1.75 bits per heavy atom. The van der Waals surface area contributed by atoms with Crippen LogP contribution in [0.5, 0.6) is 0 Å². The predicted octanol–water partition coefficient (Wildman–Crippen LogP) is 3.25. The normalized spacial score (nSPS) is 13.9. The Bertz CT molecular complexity index is 674. The number of rotatable bonds is 6. The molecule has 1 atom stereocenters. The summed E-state index contributed by atoms with van der Waals surface area (Å²) in [6.45, 7) is 0.197. The molecule has 24 heavy (non-hydrogen) atoms. The standard InChI is InChI=1S/C19H21NO3S/c1-24-12-13(10-21)20-19(22)23-11-18-16-8-4-2-6-14(16)15-7-3-5-9-17(15)18/h2-9,13,18,21H,10-12H2,1H3,(H,20,22)/t13-/m1/s1. The van der Waals surface area contributed by atoms with Crippen molar-refractivity contribution in [1.29, 1.82) is 0 Å². The van der Waals surface area contributed by atoms with E-state index < -0.39 is 6.09 Å². The van der Waals surface area contributed by atoms with Crippen molar-refractivity contribution in [3.63, 3.8) is 0 Å². The van der Waals surface area contributed by atoms with E-state index in [1.165, 1.54) is 22.3 Å². The molecule has 1 amide bonds. The number of aliphatic hydroxyl groups is 1. The smallest absolute Gasteiger partial charge is 0.407 e. The van der Waals surface area contributed by atoms with Crippen LogP contribution in [0.1, 0.15) is 17.0 Å². The van der Waals surface area contributed by atoms with Crippen molar-refractivity contribution in [3.05, 3.63) is 59.7 Å². The van der Waals surface area contributed by atoms with Gasteiger partial charge >= 0.3 is 6.09 Å². The molecule has 0 saturated heterocycles. The summed E-state index contributed by atoms with van der Waals surface area (Å²) in [5.74, 6) is 0.706. The first-order chi connectivity index (χ1) is 11.7. The van der Waals surface area contributed by atoms with E-state index in [4.69, 9.17) is 4.74 Å². The Labute approximate surface area is 146 Å². The van der Waals surface area contributed by atoms with Crippen molar-refractivity contribution in [1.82, 2.24) is 5.32 Å². The highest BCUT2D eigenvalue weighted by atomic mass is 32.2. The average Bonchev–Trinajstić information content (AvgIpc) is 2.93. The number of fused-ring (bicyclic) bond motifs is 3. The third-order valence-corrected chi connectivity index (χ3v) is 4.99. The van der Waals surface area contributed by atoms with Gasteiger partial charge in [-0.1, -0.05) is 48.5 Å². The molecule has 2 aromatic carbocycles. The third kappa shape index (κ3) is 3.42. The number of alkyl carbamates (subject to hydrolysis) is 1. The van der Waals surface area contributed by atoms with Crippen LogP contribution in [0.3, 0.4) is 0 Å². The van der Waals surface area contributed by atoms with Gasteiger partial charge in [-0.25, -0.2) is 4.79 Å². The Balaban J connectivity index is 1.70. The zero-order valence-electron chi connectivity index (χ0n) is 13.6. The van der Waals surface area contributed by atoms with Crippen LogP contribution in [0.25, 0.3) is 11.1 Å². The van der Waals surface area contributed by atoms with Crippen molar-refractivity contribution < 1.29 is 14.6 Å². The summed E-state index contributed by atoms with van der Waals surface area (Å²) in [5.41, 5.74) is 4.79. The number of carbonyl (C=O) groups is 1. The predicted molar refractivity (Wildman–Crippen MR) is 97.5 cm³/mol. The van der Waals surface area contributed by atoms with E-state index in [2.05, 4.69) is 29.6 Å². The molecule has 0 radical (unpaired) electrons. The van der Waals surface area contributed by atoms with Gasteiger partial charge in [0.25, 0.3) is 0 Å². The van der Waals surface area contributed by atoms with Gasteiger partial charge in [0.05, 0.1) is 12.6 Å². The first-order valence-electron chi connectivity index (χ1n) is 7.96. The summed E-state index contributed by atoms with van der Waals surface area (Å²) in [6, 6.07) is 16.2. The molecule has 0 bridgehead atoms. The number of amides is 1. The number of thioether (sulfide) groups is 1. The van der Waals surface area contributed by atoms with Gasteiger partial charge in [-0.05, 0) is 28.5 Å². The summed E-state index contributed by atoms with van der Waals surface area (Å²) >= 11 is 1.57. The van der Waals surface area contributed by atoms with Crippen molar-refractivity contribution in [3.8, 4) is 11.1 Å². The van der Waals surface area contributed by atoms with E-state index in [1.54, 1.807) is 11.8 Å². The van der Waals surface area contributed by atoms with Crippen molar-refractivity contribution >= 4 is 17.9 Å². The highest BCUT2D eigenvalue weighted by molar-refractivity contribution is 7.98. The fourth-order valence-corrected chi connectivity index (χ4v) is 3.74. The molecular formula is C19H21NO3S. The molecule has 0 unspecified atom stereocenters. The third-order valence-electron chi connectivity index (χ3n) is 4.25. The maximum atomic E-state index is 12.0. The van der Waals surface area contributed by atoms with Crippen LogP contribution in [0.2, 0.25) is 0 Å². The Kier molecular flexibility index (Phi) is 5.43. The van der Waals surface area contributed by atoms with Crippen LogP contribution >= 0.6 is 11.8 Å². The molecule has 0 aromatic heterocycles. The molecule has 2 N–H and O–H groups in total. The molecule has 0 spiro atoms. The first kappa shape index (κ1) is 16.9. The molecule has 2 aromatic rings. The largest absolute Gasteiger partial charge is 0.449 e. The van der Waals surface area contributed by atoms with E-state index in [9.17, 15) is 9.90 Å². The fourth-order valence-electron chi connectivity index (χ4n) is 3.15. The number of ether oxygens (including phenoxy) is 1. The first-order valence-corrected chi connectivity index (χ1v) is 9.35. The van der Waals surface area contributed by atoms with Gasteiger partial charge < -0.3 is 15.2 Å². The average molecular weight is 343 g/mol. The van der Waals surface area contributed by atoms with E-state index in [0.29, 0.717) is 5.75 Å². The molecule has 0 fully saturated rings. The molecule has 3 rings (SSSR count). The maximum Gasteiger partial charge on any atom is 0.407 e. The minimum absolute atomic E-state index is 0.0521. The second kappa shape index (κ2) is 7.73. The van der Waals surface area contributed by atoms with Crippen LogP contribution < -0.4 is 5.32 Å². The van der Waals surface area contributed by atoms with Crippen molar-refractivity contribution in [2.75, 3.05) is 25.2 Å². The topological polar surface area (TPSA) is 58.6 Å². The molecule has 4 nitrogen and oxygen atoms in total. The van der Waals surface area contributed by atoms with Gasteiger partial charge in [0, 0.05) is 11.7 Å². The SMILES string of the molecule is CSC[C@@H](CO)NC(=O)OCC1c2ccccc2-c2ccccc21. The molecule has 0 heterocycles. The van der Waals surface area contributed by atoms with Gasteiger partial charge in [-0.2, -0.15) is 11.8 Å². The monoisotopic (exact) mass is 343 g/mol. The maximum absolute atomic E-state index is 12.0. The minimum atomic E-state index is -0.482. The highest BCUT2D eigenvalue weighted by Gasteiger charge is 2.29. The number of hydrogen-bond acceptors (Lipinski definition) is 4. The van der Waals surface area contributed by atoms with Gasteiger partial charge in [-0.15, -0.1) is 0 Å². The molecule has 5 heteroatoms. The van der Waals surface area contributed by atoms with Crippen LogP contribution in [-0.4, -0.2) is 42.5 Å². The Morgan fingerprint density at radius 3 is 2.29 bits per heavy atom. The van der Waals surface area contributed by atoms with E-state index in [-0.39, 0.29) is 25.2 Å². The summed E-state index contributed by atoms with van der Waals surface area (Å²) in [4.78, 5) is 12.0. The van der Waals surface area contributed by atoms with Gasteiger partial charge in [0.1, 0.15) is 6.61 Å². The Morgan fingerprint density at radius 1 is 1.17 bits per heavy atom. The van der Waals surface area contributed by atoms with Crippen LogP contribution in [-0.2, 0) is 4.74 Å². The molecule has 0 saturated carbocycles.